The average molecular weight is 430 g/mol. The molecule has 164 valence electrons. The van der Waals surface area contributed by atoms with E-state index < -0.39 is 5.54 Å². The number of carbonyl (C=O) groups excluding carboxylic acids is 1. The van der Waals surface area contributed by atoms with Crippen molar-refractivity contribution in [2.75, 3.05) is 21.2 Å². The summed E-state index contributed by atoms with van der Waals surface area (Å²) in [6.07, 6.45) is 4.92. The minimum Gasteiger partial charge on any atom is -0.496 e. The summed E-state index contributed by atoms with van der Waals surface area (Å²) < 4.78 is 5.56. The van der Waals surface area contributed by atoms with Crippen molar-refractivity contribution in [1.29, 1.82) is 0 Å². The van der Waals surface area contributed by atoms with Crippen molar-refractivity contribution >= 4 is 30.4 Å². The molecule has 2 aromatic carbocycles. The largest absolute Gasteiger partial charge is 0.496 e. The number of hydrogen-bond acceptors (Lipinski definition) is 6. The molecule has 0 bridgehead atoms. The number of rotatable bonds is 4. The first-order chi connectivity index (χ1) is 15.4. The number of nitrogens with zero attached hydrogens (tertiary/aromatic N) is 4. The Kier molecular flexibility index (Phi) is 5.42. The van der Waals surface area contributed by atoms with E-state index in [1.807, 2.05) is 31.2 Å². The van der Waals surface area contributed by atoms with Gasteiger partial charge in [0.25, 0.3) is 5.91 Å². The van der Waals surface area contributed by atoms with Crippen LogP contribution in [0.1, 0.15) is 33.4 Å². The van der Waals surface area contributed by atoms with Gasteiger partial charge in [0.05, 0.1) is 7.11 Å². The molecule has 4 rings (SSSR count). The normalized spacial score (nSPS) is 20.2. The zero-order chi connectivity index (χ0) is 23.0. The van der Waals surface area contributed by atoms with Crippen LogP contribution in [0.2, 0.25) is 0 Å². The summed E-state index contributed by atoms with van der Waals surface area (Å²) in [7, 11) is 5.02. The SMILES string of the molecule is C=N/C=C(\C=NC)c1ccc2c(c1)[C@]1(N=C(N)N(C)C1=O)c1ccc(OC)c(C)c1CC2. The standard InChI is InChI=1S/C25H27N5O2/c1-15-19-9-8-16-6-7-17(18(13-27-2)14-28-3)12-21(16)25(20(19)10-11-22(15)32-5)23(31)30(4)24(26)29-25/h6-7,10-14H,2,8-9H2,1,3-5H3,(H2,26,29)/b18-13+,28-14?/t25-/m1/s1. The maximum atomic E-state index is 13.8. The topological polar surface area (TPSA) is 92.6 Å². The summed E-state index contributed by atoms with van der Waals surface area (Å²) >= 11 is 0. The molecule has 1 heterocycles. The van der Waals surface area contributed by atoms with Crippen LogP contribution < -0.4 is 10.5 Å². The van der Waals surface area contributed by atoms with Crippen molar-refractivity contribution in [3.8, 4) is 5.75 Å². The molecule has 7 nitrogen and oxygen atoms in total. The first kappa shape index (κ1) is 21.5. The van der Waals surface area contributed by atoms with E-state index in [0.717, 1.165) is 57.5 Å². The van der Waals surface area contributed by atoms with Crippen LogP contribution in [0.25, 0.3) is 5.57 Å². The lowest BCUT2D eigenvalue weighted by molar-refractivity contribution is -0.129. The van der Waals surface area contributed by atoms with Crippen molar-refractivity contribution in [3.63, 3.8) is 0 Å². The van der Waals surface area contributed by atoms with Gasteiger partial charge >= 0.3 is 0 Å². The Hall–Kier alpha value is -3.74. The second-order valence-corrected chi connectivity index (χ2v) is 7.99. The lowest BCUT2D eigenvalue weighted by atomic mass is 9.78. The Labute approximate surface area is 188 Å². The fraction of sp³-hybridized carbons (Fsp3) is 0.280. The van der Waals surface area contributed by atoms with Gasteiger partial charge in [0.15, 0.2) is 11.5 Å². The highest BCUT2D eigenvalue weighted by Gasteiger charge is 2.52. The molecule has 1 amide bonds. The maximum absolute atomic E-state index is 13.8. The molecule has 0 aromatic heterocycles. The van der Waals surface area contributed by atoms with Crippen molar-refractivity contribution in [1.82, 2.24) is 4.90 Å². The van der Waals surface area contributed by atoms with E-state index in [9.17, 15) is 4.79 Å². The molecule has 0 radical (unpaired) electrons. The predicted octanol–water partition coefficient (Wildman–Crippen LogP) is 2.87. The second kappa shape index (κ2) is 8.07. The predicted molar refractivity (Wildman–Crippen MR) is 129 cm³/mol. The first-order valence-corrected chi connectivity index (χ1v) is 10.4. The van der Waals surface area contributed by atoms with Crippen molar-refractivity contribution in [3.05, 3.63) is 69.9 Å². The number of benzene rings is 2. The van der Waals surface area contributed by atoms with Gasteiger partial charge in [0, 0.05) is 32.1 Å². The number of allylic oxidation sites excluding steroid dienone is 1. The summed E-state index contributed by atoms with van der Waals surface area (Å²) in [5, 5.41) is 0. The Morgan fingerprint density at radius 3 is 2.69 bits per heavy atom. The van der Waals surface area contributed by atoms with Crippen LogP contribution in [0.3, 0.4) is 0 Å². The van der Waals surface area contributed by atoms with Gasteiger partial charge < -0.3 is 10.5 Å². The number of nitrogens with two attached hydrogens (primary N) is 1. The molecule has 2 aromatic rings. The van der Waals surface area contributed by atoms with Gasteiger partial charge in [-0.3, -0.25) is 19.7 Å². The number of aliphatic imine (C=N–C) groups is 3. The molecule has 1 atom stereocenters. The molecule has 0 fully saturated rings. The summed E-state index contributed by atoms with van der Waals surface area (Å²) in [6.45, 7) is 5.60. The van der Waals surface area contributed by atoms with E-state index in [-0.39, 0.29) is 11.9 Å². The van der Waals surface area contributed by atoms with Crippen LogP contribution in [0.15, 0.2) is 51.5 Å². The maximum Gasteiger partial charge on any atom is 0.266 e. The Morgan fingerprint density at radius 1 is 1.28 bits per heavy atom. The number of likely N-dealkylation sites (N-methyl/N-ethyl adjacent to an activating group) is 1. The van der Waals surface area contributed by atoms with E-state index in [1.54, 1.807) is 33.6 Å². The van der Waals surface area contributed by atoms with Crippen molar-refractivity contribution in [2.45, 2.75) is 25.3 Å². The molecule has 1 spiro atoms. The monoisotopic (exact) mass is 429 g/mol. The van der Waals surface area contributed by atoms with Crippen molar-refractivity contribution < 1.29 is 9.53 Å². The van der Waals surface area contributed by atoms with Gasteiger partial charge in [0.1, 0.15) is 5.75 Å². The third-order valence-corrected chi connectivity index (χ3v) is 6.37. The molecular formula is C25H27N5O2. The highest BCUT2D eigenvalue weighted by Crippen LogP contribution is 2.47. The van der Waals surface area contributed by atoms with Gasteiger partial charge in [-0.05, 0) is 72.0 Å². The molecule has 0 unspecified atom stereocenters. The lowest BCUT2D eigenvalue weighted by Crippen LogP contribution is -2.41. The van der Waals surface area contributed by atoms with E-state index in [2.05, 4.69) is 22.8 Å². The first-order valence-electron chi connectivity index (χ1n) is 10.4. The van der Waals surface area contributed by atoms with E-state index in [1.165, 1.54) is 4.90 Å². The van der Waals surface area contributed by atoms with Gasteiger partial charge in [0.2, 0.25) is 0 Å². The summed E-state index contributed by atoms with van der Waals surface area (Å²) in [5.41, 5.74) is 11.5. The highest BCUT2D eigenvalue weighted by molar-refractivity contribution is 6.11. The second-order valence-electron chi connectivity index (χ2n) is 7.99. The number of aryl methyl sites for hydroxylation is 1. The van der Waals surface area contributed by atoms with Crippen molar-refractivity contribution in [2.24, 2.45) is 20.7 Å². The number of methoxy groups -OCH3 is 1. The number of ether oxygens (including phenoxy) is 1. The van der Waals surface area contributed by atoms with Crippen LogP contribution in [-0.4, -0.2) is 50.9 Å². The van der Waals surface area contributed by atoms with Crippen LogP contribution in [0.4, 0.5) is 0 Å². The number of hydrogen-bond donors (Lipinski definition) is 1. The smallest absolute Gasteiger partial charge is 0.266 e. The molecule has 1 aliphatic carbocycles. The van der Waals surface area contributed by atoms with Crippen LogP contribution in [0, 0.1) is 6.92 Å². The molecule has 2 N–H and O–H groups in total. The zero-order valence-electron chi connectivity index (χ0n) is 18.8. The third kappa shape index (κ3) is 3.04. The molecular weight excluding hydrogens is 402 g/mol. The molecule has 0 saturated heterocycles. The third-order valence-electron chi connectivity index (χ3n) is 6.37. The molecule has 1 aliphatic heterocycles. The molecule has 7 heteroatoms. The fourth-order valence-corrected chi connectivity index (χ4v) is 4.75. The minimum absolute atomic E-state index is 0.169. The summed E-state index contributed by atoms with van der Waals surface area (Å²) in [5.74, 6) is 0.826. The van der Waals surface area contributed by atoms with Crippen LogP contribution in [0.5, 0.6) is 5.75 Å². The lowest BCUT2D eigenvalue weighted by Gasteiger charge is -2.29. The minimum atomic E-state index is -1.25. The quantitative estimate of drug-likeness (QED) is 0.758. The zero-order valence-corrected chi connectivity index (χ0v) is 18.8. The van der Waals surface area contributed by atoms with E-state index >= 15 is 0 Å². The summed E-state index contributed by atoms with van der Waals surface area (Å²) in [4.78, 5) is 28.1. The van der Waals surface area contributed by atoms with E-state index in [0.29, 0.717) is 0 Å². The van der Waals surface area contributed by atoms with Crippen LogP contribution >= 0.6 is 0 Å². The van der Waals surface area contributed by atoms with Gasteiger partial charge in [-0.2, -0.15) is 0 Å². The molecule has 0 saturated carbocycles. The number of fused-ring (bicyclic) bond motifs is 4. The van der Waals surface area contributed by atoms with Gasteiger partial charge in [-0.15, -0.1) is 0 Å². The summed E-state index contributed by atoms with van der Waals surface area (Å²) in [6, 6.07) is 9.94. The number of carbonyl (C=O) groups is 1. The molecule has 2 aliphatic rings. The highest BCUT2D eigenvalue weighted by atomic mass is 16.5. The number of amides is 1. The molecule has 32 heavy (non-hydrogen) atoms. The van der Waals surface area contributed by atoms with Crippen LogP contribution in [-0.2, 0) is 23.2 Å². The fourth-order valence-electron chi connectivity index (χ4n) is 4.75. The van der Waals surface area contributed by atoms with Gasteiger partial charge in [-0.25, -0.2) is 4.99 Å². The Morgan fingerprint density at radius 2 is 2.06 bits per heavy atom. The average Bonchev–Trinajstić information content (AvgIpc) is 2.94. The van der Waals surface area contributed by atoms with E-state index in [4.69, 9.17) is 15.5 Å². The number of guanidine groups is 1. The van der Waals surface area contributed by atoms with Gasteiger partial charge in [-0.1, -0.05) is 18.2 Å². The Bertz CT molecular complexity index is 1210. The Balaban J connectivity index is 2.07.